The molecule has 1 aromatic rings. The van der Waals surface area contributed by atoms with Crippen LogP contribution < -0.4 is 10.1 Å². The van der Waals surface area contributed by atoms with Gasteiger partial charge in [-0.3, -0.25) is 0 Å². The van der Waals surface area contributed by atoms with Crippen molar-refractivity contribution in [2.75, 3.05) is 6.54 Å². The summed E-state index contributed by atoms with van der Waals surface area (Å²) in [4.78, 5) is 0. The zero-order chi connectivity index (χ0) is 12.8. The van der Waals surface area contributed by atoms with Gasteiger partial charge in [-0.25, -0.2) is 0 Å². The molecular formula is C12H17F2NO2. The molecule has 0 radical (unpaired) electrons. The minimum absolute atomic E-state index is 0.0363. The van der Waals surface area contributed by atoms with Crippen molar-refractivity contribution in [2.45, 2.75) is 32.6 Å². The number of hydrogen-bond acceptors (Lipinski definition) is 3. The van der Waals surface area contributed by atoms with Gasteiger partial charge in [0.15, 0.2) is 0 Å². The molecule has 0 amide bonds. The highest BCUT2D eigenvalue weighted by Crippen LogP contribution is 2.20. The molecule has 0 aromatic heterocycles. The Morgan fingerprint density at radius 3 is 2.65 bits per heavy atom. The molecule has 1 aromatic carbocycles. The SMILES string of the molecule is CC(O)CNC(C)c1cccc(OC(F)F)c1. The van der Waals surface area contributed by atoms with Gasteiger partial charge < -0.3 is 15.2 Å². The van der Waals surface area contributed by atoms with Crippen LogP contribution in [0.3, 0.4) is 0 Å². The van der Waals surface area contributed by atoms with Crippen molar-refractivity contribution >= 4 is 0 Å². The standard InChI is InChI=1S/C12H17F2NO2/c1-8(16)7-15-9(2)10-4-3-5-11(6-10)17-12(13)14/h3-6,8-9,12,15-16H,7H2,1-2H3. The fourth-order valence-electron chi connectivity index (χ4n) is 1.43. The predicted octanol–water partition coefficient (Wildman–Crippen LogP) is 2.32. The quantitative estimate of drug-likeness (QED) is 0.808. The van der Waals surface area contributed by atoms with Crippen molar-refractivity contribution in [3.05, 3.63) is 29.8 Å². The van der Waals surface area contributed by atoms with E-state index in [0.717, 1.165) is 5.56 Å². The smallest absolute Gasteiger partial charge is 0.387 e. The Kier molecular flexibility index (Phi) is 5.31. The molecule has 0 heterocycles. The van der Waals surface area contributed by atoms with Gasteiger partial charge in [0.25, 0.3) is 0 Å². The summed E-state index contributed by atoms with van der Waals surface area (Å²) in [5.41, 5.74) is 0.837. The van der Waals surface area contributed by atoms with Gasteiger partial charge in [-0.15, -0.1) is 0 Å². The zero-order valence-corrected chi connectivity index (χ0v) is 9.86. The summed E-state index contributed by atoms with van der Waals surface area (Å²) in [5, 5.41) is 12.2. The molecule has 0 spiro atoms. The van der Waals surface area contributed by atoms with Crippen molar-refractivity contribution in [2.24, 2.45) is 0 Å². The number of rotatable bonds is 6. The van der Waals surface area contributed by atoms with Gasteiger partial charge >= 0.3 is 6.61 Å². The highest BCUT2D eigenvalue weighted by atomic mass is 19.3. The van der Waals surface area contributed by atoms with Crippen LogP contribution in [0.25, 0.3) is 0 Å². The molecule has 5 heteroatoms. The Balaban J connectivity index is 2.63. The van der Waals surface area contributed by atoms with Crippen molar-refractivity contribution in [3.63, 3.8) is 0 Å². The third-order valence-electron chi connectivity index (χ3n) is 2.30. The first-order valence-corrected chi connectivity index (χ1v) is 5.45. The maximum atomic E-state index is 12.0. The summed E-state index contributed by atoms with van der Waals surface area (Å²) in [7, 11) is 0. The molecule has 0 fully saturated rings. The number of aliphatic hydroxyl groups is 1. The van der Waals surface area contributed by atoms with Gasteiger partial charge in [-0.05, 0) is 31.5 Å². The fraction of sp³-hybridized carbons (Fsp3) is 0.500. The van der Waals surface area contributed by atoms with Gasteiger partial charge in [0, 0.05) is 12.6 Å². The molecule has 1 rings (SSSR count). The predicted molar refractivity (Wildman–Crippen MR) is 61.2 cm³/mol. The van der Waals surface area contributed by atoms with Crippen LogP contribution in [-0.4, -0.2) is 24.4 Å². The van der Waals surface area contributed by atoms with Crippen molar-refractivity contribution in [3.8, 4) is 5.75 Å². The van der Waals surface area contributed by atoms with E-state index in [1.807, 2.05) is 13.0 Å². The molecule has 0 saturated carbocycles. The Morgan fingerprint density at radius 1 is 1.35 bits per heavy atom. The van der Waals surface area contributed by atoms with Crippen LogP contribution >= 0.6 is 0 Å². The Bertz CT molecular complexity index is 345. The van der Waals surface area contributed by atoms with E-state index in [9.17, 15) is 8.78 Å². The number of ether oxygens (including phenoxy) is 1. The first-order chi connectivity index (χ1) is 7.99. The summed E-state index contributed by atoms with van der Waals surface area (Å²) < 4.78 is 28.4. The first kappa shape index (κ1) is 13.9. The van der Waals surface area contributed by atoms with Crippen LogP contribution in [0.1, 0.15) is 25.5 Å². The van der Waals surface area contributed by atoms with Crippen molar-refractivity contribution < 1.29 is 18.6 Å². The fourth-order valence-corrected chi connectivity index (χ4v) is 1.43. The van der Waals surface area contributed by atoms with E-state index in [1.54, 1.807) is 19.1 Å². The van der Waals surface area contributed by atoms with Crippen LogP contribution in [-0.2, 0) is 0 Å². The molecule has 0 aliphatic heterocycles. The minimum atomic E-state index is -2.81. The average molecular weight is 245 g/mol. The topological polar surface area (TPSA) is 41.5 Å². The Morgan fingerprint density at radius 2 is 2.06 bits per heavy atom. The van der Waals surface area contributed by atoms with Crippen molar-refractivity contribution in [1.29, 1.82) is 0 Å². The summed E-state index contributed by atoms with van der Waals surface area (Å²) >= 11 is 0. The van der Waals surface area contributed by atoms with E-state index >= 15 is 0 Å². The molecule has 2 unspecified atom stereocenters. The van der Waals surface area contributed by atoms with Crippen LogP contribution in [0.15, 0.2) is 24.3 Å². The van der Waals surface area contributed by atoms with Gasteiger partial charge in [0.1, 0.15) is 5.75 Å². The third kappa shape index (κ3) is 5.10. The molecule has 2 atom stereocenters. The molecular weight excluding hydrogens is 228 g/mol. The number of halogens is 2. The highest BCUT2D eigenvalue weighted by molar-refractivity contribution is 5.30. The van der Waals surface area contributed by atoms with E-state index in [2.05, 4.69) is 10.1 Å². The summed E-state index contributed by atoms with van der Waals surface area (Å²) in [6, 6.07) is 6.49. The summed E-state index contributed by atoms with van der Waals surface area (Å²) in [6.45, 7) is 1.20. The normalized spacial score (nSPS) is 14.7. The van der Waals surface area contributed by atoms with E-state index in [4.69, 9.17) is 5.11 Å². The van der Waals surface area contributed by atoms with E-state index < -0.39 is 12.7 Å². The molecule has 0 aliphatic rings. The van der Waals surface area contributed by atoms with Gasteiger partial charge in [0.2, 0.25) is 0 Å². The number of hydrogen-bond donors (Lipinski definition) is 2. The number of benzene rings is 1. The lowest BCUT2D eigenvalue weighted by Gasteiger charge is -2.16. The maximum Gasteiger partial charge on any atom is 0.387 e. The van der Waals surface area contributed by atoms with E-state index in [1.165, 1.54) is 6.07 Å². The Labute approximate surface area is 99.4 Å². The molecule has 3 nitrogen and oxygen atoms in total. The lowest BCUT2D eigenvalue weighted by atomic mass is 10.1. The average Bonchev–Trinajstić information content (AvgIpc) is 2.25. The third-order valence-corrected chi connectivity index (χ3v) is 2.30. The lowest BCUT2D eigenvalue weighted by molar-refractivity contribution is -0.0499. The molecule has 96 valence electrons. The molecule has 2 N–H and O–H groups in total. The van der Waals surface area contributed by atoms with Gasteiger partial charge in [0.05, 0.1) is 6.10 Å². The van der Waals surface area contributed by atoms with Gasteiger partial charge in [-0.1, -0.05) is 12.1 Å². The van der Waals surface area contributed by atoms with Crippen LogP contribution in [0.4, 0.5) is 8.78 Å². The summed E-state index contributed by atoms with van der Waals surface area (Å²) in [5.74, 6) is 0.142. The maximum absolute atomic E-state index is 12.0. The molecule has 0 aliphatic carbocycles. The Hall–Kier alpha value is -1.20. The zero-order valence-electron chi connectivity index (χ0n) is 9.86. The lowest BCUT2D eigenvalue weighted by Crippen LogP contribution is -2.27. The molecule has 0 saturated heterocycles. The van der Waals surface area contributed by atoms with E-state index in [0.29, 0.717) is 6.54 Å². The number of nitrogens with one attached hydrogen (secondary N) is 1. The minimum Gasteiger partial charge on any atom is -0.435 e. The van der Waals surface area contributed by atoms with Gasteiger partial charge in [-0.2, -0.15) is 8.78 Å². The van der Waals surface area contributed by atoms with Crippen LogP contribution in [0, 0.1) is 0 Å². The van der Waals surface area contributed by atoms with Crippen LogP contribution in [0.5, 0.6) is 5.75 Å². The highest BCUT2D eigenvalue weighted by Gasteiger charge is 2.09. The largest absolute Gasteiger partial charge is 0.435 e. The van der Waals surface area contributed by atoms with E-state index in [-0.39, 0.29) is 11.8 Å². The molecule has 17 heavy (non-hydrogen) atoms. The first-order valence-electron chi connectivity index (χ1n) is 5.45. The number of aliphatic hydroxyl groups excluding tert-OH is 1. The second kappa shape index (κ2) is 6.51. The second-order valence-corrected chi connectivity index (χ2v) is 3.93. The monoisotopic (exact) mass is 245 g/mol. The molecule has 0 bridgehead atoms. The summed E-state index contributed by atoms with van der Waals surface area (Å²) in [6.07, 6.45) is -0.446. The number of alkyl halides is 2. The van der Waals surface area contributed by atoms with Crippen LogP contribution in [0.2, 0.25) is 0 Å². The van der Waals surface area contributed by atoms with Crippen molar-refractivity contribution in [1.82, 2.24) is 5.32 Å². The second-order valence-electron chi connectivity index (χ2n) is 3.93.